The first-order chi connectivity index (χ1) is 70.0. The zero-order chi connectivity index (χ0) is 95.1. The standard InChI is InChI=1S/C35H23N3O.C35H25N3O.C32H24N2O.C26H22N2O/c1-2-8-24(9-3-1)25-14-16-26(17-15-25)33-34(37-22-23-39-35(37)36-33)27-18-20-28(21-19-27)38-31-12-6-4-10-29(31)30-11-5-7-13-32(30)38;1-4-10-26(11-5-1)27-16-18-28(19-17-27)33-34(37-24-25-39-35(37)36-33)29-20-22-32(23-21-29)38(30-12-6-2-7-13-30)31-14-8-3-9-15-31;1-32(2)27-11-7-6-10-25(27)26-17-16-24(20-28(26)32)30-29(33-31-34(30)18-19-35-31)23-14-12-22(13-15-23)21-8-4-3-5-9-21;1-18(2)19-8-14-23(15-9-19)25-24(27-26-28(25)16-17-29-26)22-12-10-21(11-13-22)20-6-4-3-5-7-20/h1-23H;1-25H;3-20H,1-2H3;3-18H,1-2H3. The first-order valence-corrected chi connectivity index (χ1v) is 47.9. The lowest BCUT2D eigenvalue weighted by Gasteiger charge is -2.25. The molecule has 0 N–H and O–H groups in total. The van der Waals surface area contributed by atoms with Crippen molar-refractivity contribution in [2.24, 2.45) is 0 Å². The number of hydrogen-bond donors (Lipinski definition) is 0. The van der Waals surface area contributed by atoms with Gasteiger partial charge in [0.2, 0.25) is 0 Å². The van der Waals surface area contributed by atoms with E-state index in [1.165, 1.54) is 94.1 Å². The molecule has 14 heteroatoms. The van der Waals surface area contributed by atoms with Crippen LogP contribution in [-0.2, 0) is 5.41 Å². The van der Waals surface area contributed by atoms with Crippen LogP contribution in [0.4, 0.5) is 17.1 Å². The Kier molecular flexibility index (Phi) is 22.5. The average Bonchev–Trinajstić information content (AvgIpc) is 1.57. The van der Waals surface area contributed by atoms with Crippen molar-refractivity contribution in [3.63, 3.8) is 0 Å². The molecule has 1 aliphatic carbocycles. The maximum absolute atomic E-state index is 5.71. The Labute approximate surface area is 821 Å². The van der Waals surface area contributed by atoms with Crippen molar-refractivity contribution in [3.8, 4) is 151 Å². The Morgan fingerprint density at radius 1 is 0.239 bits per heavy atom. The molecule has 0 fully saturated rings. The third-order valence-electron chi connectivity index (χ3n) is 27.2. The van der Waals surface area contributed by atoms with E-state index in [2.05, 4.69) is 448 Å². The molecule has 9 heterocycles. The predicted octanol–water partition coefficient (Wildman–Crippen LogP) is 33.7. The lowest BCUT2D eigenvalue weighted by atomic mass is 9.82. The first kappa shape index (κ1) is 86.2. The van der Waals surface area contributed by atoms with Gasteiger partial charge in [0.1, 0.15) is 47.8 Å². The molecular formula is C128H94N10O4. The van der Waals surface area contributed by atoms with Crippen molar-refractivity contribution >= 4 is 62.2 Å². The topological polar surface area (TPSA) is 130 Å². The molecule has 26 aromatic rings. The molecule has 17 aromatic carbocycles. The van der Waals surface area contributed by atoms with Crippen LogP contribution in [0.2, 0.25) is 0 Å². The minimum Gasteiger partial charge on any atom is -0.432 e. The van der Waals surface area contributed by atoms with Gasteiger partial charge in [-0.15, -0.1) is 0 Å². The van der Waals surface area contributed by atoms with Crippen LogP contribution in [0.25, 0.3) is 197 Å². The van der Waals surface area contributed by atoms with E-state index in [9.17, 15) is 0 Å². The summed E-state index contributed by atoms with van der Waals surface area (Å²) >= 11 is 0. The van der Waals surface area contributed by atoms with Crippen molar-refractivity contribution in [3.05, 3.63) is 509 Å². The van der Waals surface area contributed by atoms with E-state index in [0.717, 1.165) is 113 Å². The zero-order valence-electron chi connectivity index (χ0n) is 78.4. The number of hydrogen-bond acceptors (Lipinski definition) is 9. The summed E-state index contributed by atoms with van der Waals surface area (Å²) in [6.07, 6.45) is 14.5. The van der Waals surface area contributed by atoms with E-state index in [1.807, 2.05) is 74.4 Å². The lowest BCUT2D eigenvalue weighted by Crippen LogP contribution is -2.14. The van der Waals surface area contributed by atoms with Crippen LogP contribution in [0, 0.1) is 0 Å². The third-order valence-corrected chi connectivity index (χ3v) is 27.2. The summed E-state index contributed by atoms with van der Waals surface area (Å²) in [6.45, 7) is 9.05. The van der Waals surface area contributed by atoms with Crippen LogP contribution in [0.1, 0.15) is 50.3 Å². The Hall–Kier alpha value is -18.7. The molecule has 27 rings (SSSR count). The number of anilines is 3. The molecule has 14 nitrogen and oxygen atoms in total. The SMILES string of the molecule is CC(C)c1ccc(-c2c(-c3ccc(-c4ccccc4)cc3)nc3occn23)cc1.CC1(C)c2ccccc2-c2ccc(-c3c(-c4ccc(-c5ccccc5)cc4)nc4occn34)cc21.c1ccc(-c2ccc(-c3nc4occn4c3-c3ccc(-n4c5ccccc5c5ccccc54)cc3)cc2)cc1.c1ccc(-c2ccc(-c3nc4occn4c3-c3ccc(N(c4ccccc4)c4ccccc4)cc3)cc2)cc1. The molecule has 9 aromatic heterocycles. The minimum absolute atomic E-state index is 0.0559. The fourth-order valence-corrected chi connectivity index (χ4v) is 20.1. The maximum Gasteiger partial charge on any atom is 0.306 e. The minimum atomic E-state index is -0.0559. The lowest BCUT2D eigenvalue weighted by molar-refractivity contribution is 0.596. The van der Waals surface area contributed by atoms with Gasteiger partial charge in [0, 0.05) is 108 Å². The molecule has 680 valence electrons. The average molecular weight is 1840 g/mol. The van der Waals surface area contributed by atoms with Crippen molar-refractivity contribution in [2.75, 3.05) is 4.90 Å². The molecule has 142 heavy (non-hydrogen) atoms. The molecule has 1 aliphatic rings. The molecule has 0 saturated heterocycles. The molecule has 0 bridgehead atoms. The van der Waals surface area contributed by atoms with Gasteiger partial charge in [-0.05, 0) is 145 Å². The summed E-state index contributed by atoms with van der Waals surface area (Å²) in [5, 5.41) is 2.52. The summed E-state index contributed by atoms with van der Waals surface area (Å²) in [4.78, 5) is 21.7. The number of fused-ring (bicyclic) bond motifs is 10. The second kappa shape index (κ2) is 37.1. The Bertz CT molecular complexity index is 8850. The molecule has 0 amide bonds. The van der Waals surface area contributed by atoms with Crippen LogP contribution in [0.3, 0.4) is 0 Å². The first-order valence-electron chi connectivity index (χ1n) is 47.9. The zero-order valence-corrected chi connectivity index (χ0v) is 78.4. The van der Waals surface area contributed by atoms with Gasteiger partial charge in [-0.25, -0.2) is 0 Å². The highest BCUT2D eigenvalue weighted by molar-refractivity contribution is 6.09. The Morgan fingerprint density at radius 2 is 0.507 bits per heavy atom. The van der Waals surface area contributed by atoms with Gasteiger partial charge in [0.05, 0.1) is 33.8 Å². The molecule has 0 atom stereocenters. The number of nitrogens with zero attached hydrogens (tertiary/aromatic N) is 10. The van der Waals surface area contributed by atoms with E-state index in [1.54, 1.807) is 25.1 Å². The van der Waals surface area contributed by atoms with Gasteiger partial charge < -0.3 is 27.1 Å². The third kappa shape index (κ3) is 16.2. The van der Waals surface area contributed by atoms with E-state index >= 15 is 0 Å². The predicted molar refractivity (Wildman–Crippen MR) is 576 cm³/mol. The summed E-state index contributed by atoms with van der Waals surface area (Å²) in [5.41, 5.74) is 39.5. The van der Waals surface area contributed by atoms with Crippen molar-refractivity contribution < 1.29 is 17.7 Å². The van der Waals surface area contributed by atoms with E-state index in [0.29, 0.717) is 29.3 Å². The largest absolute Gasteiger partial charge is 0.432 e. The Morgan fingerprint density at radius 3 is 0.866 bits per heavy atom. The molecular weight excluding hydrogens is 1740 g/mol. The maximum atomic E-state index is 5.71. The fraction of sp³-hybridized carbons (Fsp3) is 0.0469. The smallest absolute Gasteiger partial charge is 0.306 e. The summed E-state index contributed by atoms with van der Waals surface area (Å²) in [7, 11) is 0. The number of aromatic nitrogens is 9. The normalized spacial score (nSPS) is 11.9. The number of benzene rings is 17. The Balaban J connectivity index is 0.000000103. The molecule has 0 aliphatic heterocycles. The monoisotopic (exact) mass is 1830 g/mol. The van der Waals surface area contributed by atoms with Gasteiger partial charge >= 0.3 is 23.4 Å². The van der Waals surface area contributed by atoms with Gasteiger partial charge in [0.15, 0.2) is 0 Å². The molecule has 0 unspecified atom stereocenters. The van der Waals surface area contributed by atoms with Crippen LogP contribution in [0.5, 0.6) is 0 Å². The van der Waals surface area contributed by atoms with Crippen LogP contribution >= 0.6 is 0 Å². The molecule has 0 spiro atoms. The highest BCUT2D eigenvalue weighted by Crippen LogP contribution is 2.51. The van der Waals surface area contributed by atoms with Crippen LogP contribution in [-0.4, -0.2) is 42.1 Å². The second-order valence-electron chi connectivity index (χ2n) is 36.4. The van der Waals surface area contributed by atoms with Crippen molar-refractivity contribution in [1.29, 1.82) is 0 Å². The van der Waals surface area contributed by atoms with E-state index in [4.69, 9.17) is 37.6 Å². The van der Waals surface area contributed by atoms with E-state index in [-0.39, 0.29) is 5.41 Å². The number of oxazole rings is 4. The van der Waals surface area contributed by atoms with Gasteiger partial charge in [-0.2, -0.15) is 19.9 Å². The summed E-state index contributed by atoms with van der Waals surface area (Å²) in [6, 6.07) is 156. The van der Waals surface area contributed by atoms with Crippen LogP contribution in [0.15, 0.2) is 510 Å². The molecule has 0 saturated carbocycles. The summed E-state index contributed by atoms with van der Waals surface area (Å²) in [5.74, 6) is 2.87. The summed E-state index contributed by atoms with van der Waals surface area (Å²) < 4.78 is 33.1. The van der Waals surface area contributed by atoms with Gasteiger partial charge in [-0.1, -0.05) is 404 Å². The highest BCUT2D eigenvalue weighted by atomic mass is 16.4. The van der Waals surface area contributed by atoms with Crippen LogP contribution < -0.4 is 4.90 Å². The number of rotatable bonds is 17. The quantitative estimate of drug-likeness (QED) is 0.0875. The molecule has 0 radical (unpaired) electrons. The van der Waals surface area contributed by atoms with Gasteiger partial charge in [-0.3, -0.25) is 17.6 Å². The van der Waals surface area contributed by atoms with Crippen molar-refractivity contribution in [1.82, 2.24) is 42.1 Å². The van der Waals surface area contributed by atoms with E-state index < -0.39 is 0 Å². The fourth-order valence-electron chi connectivity index (χ4n) is 20.1. The second-order valence-corrected chi connectivity index (χ2v) is 36.4. The van der Waals surface area contributed by atoms with Gasteiger partial charge in [0.25, 0.3) is 0 Å². The number of para-hydroxylation sites is 4. The number of imidazole rings is 4. The highest BCUT2D eigenvalue weighted by Gasteiger charge is 2.36. The van der Waals surface area contributed by atoms with Crippen molar-refractivity contribution in [2.45, 2.75) is 39.0 Å².